The summed E-state index contributed by atoms with van der Waals surface area (Å²) >= 11 is 0. The van der Waals surface area contributed by atoms with Gasteiger partial charge in [0.25, 0.3) is 7.82 Å². The SMILES string of the molecule is CCCCCCC/C=C\C/C=C\C/C=C\CCCCCCCCCCCCCCCCCCCCCCCCC(=O)OC(COC(=O)CCCCCCCCCCCCCCCCCCCCCCCCCCCCCCCCC)COP(=O)([O-])OCC[N+](C)(C)C. The number of phosphoric acid groups is 1. The van der Waals surface area contributed by atoms with Gasteiger partial charge in [-0.05, 0) is 51.4 Å². The number of carbonyl (C=O) groups excluding carboxylic acids is 2. The van der Waals surface area contributed by atoms with Crippen molar-refractivity contribution in [3.8, 4) is 0 Å². The summed E-state index contributed by atoms with van der Waals surface area (Å²) in [5.41, 5.74) is 0. The zero-order valence-electron chi connectivity index (χ0n) is 62.3. The van der Waals surface area contributed by atoms with Crippen molar-refractivity contribution in [2.75, 3.05) is 47.5 Å². The number of rotatable bonds is 77. The number of allylic oxidation sites excluding steroid dienone is 6. The van der Waals surface area contributed by atoms with Gasteiger partial charge in [-0.15, -0.1) is 0 Å². The van der Waals surface area contributed by atoms with E-state index in [1.54, 1.807) is 0 Å². The molecule has 0 radical (unpaired) electrons. The van der Waals surface area contributed by atoms with Crippen LogP contribution in [0.3, 0.4) is 0 Å². The van der Waals surface area contributed by atoms with Gasteiger partial charge in [0.15, 0.2) is 6.10 Å². The molecule has 0 spiro atoms. The average molecular weight is 1320 g/mol. The first-order valence-corrected chi connectivity index (χ1v) is 42.2. The summed E-state index contributed by atoms with van der Waals surface area (Å²) in [6.07, 6.45) is 95.6. The molecule has 0 rings (SSSR count). The van der Waals surface area contributed by atoms with E-state index in [1.165, 1.54) is 347 Å². The normalized spacial score (nSPS) is 13.2. The Kier molecular flexibility index (Phi) is 72.1. The molecule has 2 unspecified atom stereocenters. The van der Waals surface area contributed by atoms with E-state index >= 15 is 0 Å². The first-order chi connectivity index (χ1) is 45.0. The van der Waals surface area contributed by atoms with Crippen LogP contribution in [-0.4, -0.2) is 70.0 Å². The lowest BCUT2D eigenvalue weighted by molar-refractivity contribution is -0.870. The van der Waals surface area contributed by atoms with Crippen LogP contribution in [0.2, 0.25) is 0 Å². The quantitative estimate of drug-likeness (QED) is 0.0195. The molecule has 0 aliphatic rings. The van der Waals surface area contributed by atoms with E-state index in [4.69, 9.17) is 18.5 Å². The van der Waals surface area contributed by atoms with E-state index < -0.39 is 26.5 Å². The van der Waals surface area contributed by atoms with Crippen LogP contribution >= 0.6 is 7.82 Å². The Morgan fingerprint density at radius 2 is 0.587 bits per heavy atom. The highest BCUT2D eigenvalue weighted by Crippen LogP contribution is 2.38. The van der Waals surface area contributed by atoms with Gasteiger partial charge >= 0.3 is 11.9 Å². The predicted octanol–water partition coefficient (Wildman–Crippen LogP) is 26.3. The largest absolute Gasteiger partial charge is 0.756 e. The summed E-state index contributed by atoms with van der Waals surface area (Å²) in [6.45, 7) is 4.32. The lowest BCUT2D eigenvalue weighted by atomic mass is 10.0. The number of nitrogens with zero attached hydrogens (tertiary/aromatic N) is 1. The van der Waals surface area contributed by atoms with Crippen molar-refractivity contribution in [2.24, 2.45) is 0 Å². The molecule has 9 nitrogen and oxygen atoms in total. The van der Waals surface area contributed by atoms with E-state index in [2.05, 4.69) is 50.3 Å². The summed E-state index contributed by atoms with van der Waals surface area (Å²) in [6, 6.07) is 0. The summed E-state index contributed by atoms with van der Waals surface area (Å²) < 4.78 is 34.4. The third-order valence-electron chi connectivity index (χ3n) is 18.7. The van der Waals surface area contributed by atoms with E-state index in [1.807, 2.05) is 21.1 Å². The Bertz CT molecular complexity index is 1640. The van der Waals surface area contributed by atoms with E-state index in [0.717, 1.165) is 44.9 Å². The van der Waals surface area contributed by atoms with E-state index in [-0.39, 0.29) is 32.0 Å². The Balaban J connectivity index is 3.90. The second-order valence-corrected chi connectivity index (χ2v) is 30.6. The fourth-order valence-electron chi connectivity index (χ4n) is 12.4. The van der Waals surface area contributed by atoms with Crippen LogP contribution in [0.1, 0.15) is 425 Å². The zero-order chi connectivity index (χ0) is 66.9. The average Bonchev–Trinajstić information content (AvgIpc) is 2.34. The van der Waals surface area contributed by atoms with Crippen molar-refractivity contribution < 1.29 is 42.1 Å². The summed E-state index contributed by atoms with van der Waals surface area (Å²) in [7, 11) is 1.19. The minimum Gasteiger partial charge on any atom is -0.756 e. The molecule has 0 saturated heterocycles. The fraction of sp³-hybridized carbons (Fsp3) is 0.902. The first kappa shape index (κ1) is 90.2. The van der Waals surface area contributed by atoms with Crippen LogP contribution in [0.5, 0.6) is 0 Å². The van der Waals surface area contributed by atoms with Crippen molar-refractivity contribution in [3.63, 3.8) is 0 Å². The molecule has 0 aliphatic carbocycles. The van der Waals surface area contributed by atoms with Crippen LogP contribution in [-0.2, 0) is 32.7 Å². The minimum absolute atomic E-state index is 0.0269. The monoisotopic (exact) mass is 1320 g/mol. The summed E-state index contributed by atoms with van der Waals surface area (Å²) in [5.74, 6) is -0.805. The van der Waals surface area contributed by atoms with Crippen molar-refractivity contribution >= 4 is 19.8 Å². The van der Waals surface area contributed by atoms with Crippen molar-refractivity contribution in [3.05, 3.63) is 36.5 Å². The number of hydrogen-bond acceptors (Lipinski definition) is 8. The third-order valence-corrected chi connectivity index (χ3v) is 19.6. The summed E-state index contributed by atoms with van der Waals surface area (Å²) in [5, 5.41) is 0. The van der Waals surface area contributed by atoms with Gasteiger partial charge in [0.2, 0.25) is 0 Å². The fourth-order valence-corrected chi connectivity index (χ4v) is 13.2. The Hall–Kier alpha value is -1.77. The molecule has 0 aromatic carbocycles. The Morgan fingerprint density at radius 1 is 0.337 bits per heavy atom. The molecule has 0 saturated carbocycles. The number of carbonyl (C=O) groups is 2. The molecule has 0 aromatic heterocycles. The van der Waals surface area contributed by atoms with Crippen LogP contribution in [0, 0.1) is 0 Å². The first-order valence-electron chi connectivity index (χ1n) is 40.7. The van der Waals surface area contributed by atoms with Gasteiger partial charge in [0.1, 0.15) is 19.8 Å². The van der Waals surface area contributed by atoms with Crippen LogP contribution in [0.25, 0.3) is 0 Å². The highest BCUT2D eigenvalue weighted by Gasteiger charge is 2.22. The molecule has 0 fully saturated rings. The standard InChI is InChI=1S/C82H158NO8P/c1-6-8-10-12-14-16-18-20-22-24-26-28-30-32-34-36-38-39-40-41-42-43-45-47-49-51-53-55-57-59-61-63-65-67-69-71-73-75-82(85)91-80(79-90-92(86,87)89-77-76-83(3,4)5)78-88-81(84)74-72-70-68-66-64-62-60-58-56-54-52-50-48-46-44-37-35-33-31-29-27-25-23-21-19-17-15-13-11-9-7-2/h18,20,24,26,30,32,80H,6-17,19,21-23,25,27-29,31,33-79H2,1-5H3/b20-18-,26-24-,32-30-. The lowest BCUT2D eigenvalue weighted by Crippen LogP contribution is -2.37. The highest BCUT2D eigenvalue weighted by molar-refractivity contribution is 7.45. The van der Waals surface area contributed by atoms with Gasteiger partial charge in [-0.1, -0.05) is 397 Å². The topological polar surface area (TPSA) is 111 Å². The molecule has 0 heterocycles. The van der Waals surface area contributed by atoms with Crippen molar-refractivity contribution in [1.82, 2.24) is 0 Å². The maximum atomic E-state index is 12.9. The molecule has 0 aromatic rings. The predicted molar refractivity (Wildman–Crippen MR) is 398 cm³/mol. The third kappa shape index (κ3) is 77.2. The molecular formula is C82H158NO8P. The Labute approximate surface area is 573 Å². The van der Waals surface area contributed by atoms with Gasteiger partial charge in [-0.25, -0.2) is 0 Å². The van der Waals surface area contributed by atoms with E-state index in [0.29, 0.717) is 17.4 Å². The van der Waals surface area contributed by atoms with Crippen molar-refractivity contribution in [1.29, 1.82) is 0 Å². The molecule has 0 aliphatic heterocycles. The number of esters is 2. The van der Waals surface area contributed by atoms with Gasteiger partial charge in [0, 0.05) is 12.8 Å². The number of hydrogen-bond donors (Lipinski definition) is 0. The molecule has 544 valence electrons. The maximum Gasteiger partial charge on any atom is 0.306 e. The molecule has 10 heteroatoms. The molecule has 92 heavy (non-hydrogen) atoms. The maximum absolute atomic E-state index is 12.9. The molecular weight excluding hydrogens is 1160 g/mol. The number of phosphoric ester groups is 1. The number of likely N-dealkylation sites (N-methyl/N-ethyl adjacent to an activating group) is 1. The molecule has 0 N–H and O–H groups in total. The second-order valence-electron chi connectivity index (χ2n) is 29.1. The number of unbranched alkanes of at least 4 members (excludes halogenated alkanes) is 57. The van der Waals surface area contributed by atoms with Gasteiger partial charge < -0.3 is 27.9 Å². The second kappa shape index (κ2) is 73.5. The lowest BCUT2D eigenvalue weighted by Gasteiger charge is -2.28. The summed E-state index contributed by atoms with van der Waals surface area (Å²) in [4.78, 5) is 38.2. The van der Waals surface area contributed by atoms with Crippen molar-refractivity contribution in [2.45, 2.75) is 431 Å². The molecule has 0 amide bonds. The Morgan fingerprint density at radius 3 is 0.870 bits per heavy atom. The number of quaternary nitrogens is 1. The smallest absolute Gasteiger partial charge is 0.306 e. The van der Waals surface area contributed by atoms with Crippen LogP contribution in [0.15, 0.2) is 36.5 Å². The van der Waals surface area contributed by atoms with Gasteiger partial charge in [0.05, 0.1) is 27.7 Å². The minimum atomic E-state index is -4.64. The van der Waals surface area contributed by atoms with Crippen LogP contribution in [0.4, 0.5) is 0 Å². The highest BCUT2D eigenvalue weighted by atomic mass is 31.2. The molecule has 2 atom stereocenters. The van der Waals surface area contributed by atoms with Crippen LogP contribution < -0.4 is 4.89 Å². The van der Waals surface area contributed by atoms with Gasteiger partial charge in [-0.3, -0.25) is 14.2 Å². The van der Waals surface area contributed by atoms with E-state index in [9.17, 15) is 19.0 Å². The zero-order valence-corrected chi connectivity index (χ0v) is 63.2. The number of ether oxygens (including phenoxy) is 2. The van der Waals surface area contributed by atoms with Gasteiger partial charge in [-0.2, -0.15) is 0 Å². The molecule has 0 bridgehead atoms.